The molecule has 0 spiro atoms. The Hall–Kier alpha value is -1.80. The van der Waals surface area contributed by atoms with Gasteiger partial charge in [-0.05, 0) is 26.0 Å². The lowest BCUT2D eigenvalue weighted by Crippen LogP contribution is -2.49. The first kappa shape index (κ1) is 16.3. The largest absolute Gasteiger partial charge is 0.497 e. The second kappa shape index (κ2) is 5.68. The standard InChI is InChI=1S/C12H17NO6S/c1-12(2,11(14)15)13-20(16,17)10-7-8(18-3)5-6-9(10)19-4/h5-7,13H,1-4H3,(H,14,15). The van der Waals surface area contributed by atoms with Gasteiger partial charge < -0.3 is 14.6 Å². The van der Waals surface area contributed by atoms with Crippen molar-refractivity contribution in [2.45, 2.75) is 24.3 Å². The number of ether oxygens (including phenoxy) is 2. The molecule has 112 valence electrons. The Bertz CT molecular complexity index is 608. The van der Waals surface area contributed by atoms with Crippen LogP contribution in [0.1, 0.15) is 13.8 Å². The van der Waals surface area contributed by atoms with Gasteiger partial charge in [0.1, 0.15) is 21.9 Å². The van der Waals surface area contributed by atoms with E-state index in [0.29, 0.717) is 5.75 Å². The summed E-state index contributed by atoms with van der Waals surface area (Å²) in [5, 5.41) is 9.00. The van der Waals surface area contributed by atoms with Crippen LogP contribution in [0.5, 0.6) is 11.5 Å². The molecule has 0 atom stereocenters. The quantitative estimate of drug-likeness (QED) is 0.807. The summed E-state index contributed by atoms with van der Waals surface area (Å²) in [6.07, 6.45) is 0. The molecule has 0 unspecified atom stereocenters. The molecule has 0 amide bonds. The van der Waals surface area contributed by atoms with Gasteiger partial charge in [0.05, 0.1) is 14.2 Å². The third-order valence-electron chi connectivity index (χ3n) is 2.58. The van der Waals surface area contributed by atoms with Crippen LogP contribution in [0, 0.1) is 0 Å². The van der Waals surface area contributed by atoms with E-state index in [-0.39, 0.29) is 10.6 Å². The lowest BCUT2D eigenvalue weighted by atomic mass is 10.1. The van der Waals surface area contributed by atoms with Crippen LogP contribution in [0.4, 0.5) is 0 Å². The number of benzene rings is 1. The predicted molar refractivity (Wildman–Crippen MR) is 71.6 cm³/mol. The van der Waals surface area contributed by atoms with Crippen LogP contribution >= 0.6 is 0 Å². The molecule has 7 nitrogen and oxygen atoms in total. The Morgan fingerprint density at radius 3 is 2.30 bits per heavy atom. The molecule has 0 saturated carbocycles. The molecular formula is C12H17NO6S. The molecule has 0 heterocycles. The molecule has 8 heteroatoms. The van der Waals surface area contributed by atoms with E-state index in [4.69, 9.17) is 14.6 Å². The van der Waals surface area contributed by atoms with Crippen LogP contribution in [0.15, 0.2) is 23.1 Å². The highest BCUT2D eigenvalue weighted by molar-refractivity contribution is 7.89. The molecular weight excluding hydrogens is 286 g/mol. The number of rotatable bonds is 6. The zero-order chi connectivity index (χ0) is 15.6. The van der Waals surface area contributed by atoms with Gasteiger partial charge in [-0.25, -0.2) is 8.42 Å². The Kier molecular flexibility index (Phi) is 4.61. The molecule has 0 fully saturated rings. The molecule has 20 heavy (non-hydrogen) atoms. The fraction of sp³-hybridized carbons (Fsp3) is 0.417. The number of hydrogen-bond donors (Lipinski definition) is 2. The van der Waals surface area contributed by atoms with E-state index in [2.05, 4.69) is 4.72 Å². The van der Waals surface area contributed by atoms with Gasteiger partial charge in [-0.15, -0.1) is 0 Å². The van der Waals surface area contributed by atoms with Crippen LogP contribution in [-0.2, 0) is 14.8 Å². The lowest BCUT2D eigenvalue weighted by molar-refractivity contribution is -0.142. The second-order valence-corrected chi connectivity index (χ2v) is 6.20. The summed E-state index contributed by atoms with van der Waals surface area (Å²) in [5.41, 5.74) is -1.65. The van der Waals surface area contributed by atoms with Crippen LogP contribution in [-0.4, -0.2) is 39.3 Å². The number of sulfonamides is 1. The number of carboxylic acids is 1. The van der Waals surface area contributed by atoms with Crippen LogP contribution in [0.2, 0.25) is 0 Å². The monoisotopic (exact) mass is 303 g/mol. The first-order valence-corrected chi connectivity index (χ1v) is 7.12. The normalized spacial score (nSPS) is 12.0. The number of carbonyl (C=O) groups is 1. The molecule has 0 aliphatic carbocycles. The molecule has 0 aliphatic rings. The van der Waals surface area contributed by atoms with E-state index in [1.165, 1.54) is 40.2 Å². The third-order valence-corrected chi connectivity index (χ3v) is 4.26. The van der Waals surface area contributed by atoms with Gasteiger partial charge in [-0.1, -0.05) is 0 Å². The topological polar surface area (TPSA) is 102 Å². The summed E-state index contributed by atoms with van der Waals surface area (Å²) in [6.45, 7) is 2.50. The lowest BCUT2D eigenvalue weighted by Gasteiger charge is -2.21. The van der Waals surface area contributed by atoms with Crippen molar-refractivity contribution in [1.82, 2.24) is 4.72 Å². The first-order chi connectivity index (χ1) is 9.14. The molecule has 0 radical (unpaired) electrons. The zero-order valence-electron chi connectivity index (χ0n) is 11.6. The van der Waals surface area contributed by atoms with Gasteiger partial charge in [0.25, 0.3) is 0 Å². The highest BCUT2D eigenvalue weighted by Crippen LogP contribution is 2.28. The smallest absolute Gasteiger partial charge is 0.324 e. The van der Waals surface area contributed by atoms with Crippen molar-refractivity contribution in [1.29, 1.82) is 0 Å². The predicted octanol–water partition coefficient (Wildman–Crippen LogP) is 0.845. The van der Waals surface area contributed by atoms with E-state index in [0.717, 1.165) is 0 Å². The maximum absolute atomic E-state index is 12.3. The van der Waals surface area contributed by atoms with Gasteiger partial charge in [0.15, 0.2) is 0 Å². The molecule has 1 aromatic carbocycles. The Balaban J connectivity index is 3.31. The Morgan fingerprint density at radius 2 is 1.85 bits per heavy atom. The van der Waals surface area contributed by atoms with E-state index >= 15 is 0 Å². The highest BCUT2D eigenvalue weighted by Gasteiger charge is 2.34. The number of hydrogen-bond acceptors (Lipinski definition) is 5. The van der Waals surface area contributed by atoms with Crippen molar-refractivity contribution >= 4 is 16.0 Å². The summed E-state index contributed by atoms with van der Waals surface area (Å²) in [5.74, 6) is -0.873. The average Bonchev–Trinajstić information content (AvgIpc) is 2.36. The minimum absolute atomic E-state index is 0.0967. The maximum atomic E-state index is 12.3. The number of methoxy groups -OCH3 is 2. The van der Waals surface area contributed by atoms with Crippen LogP contribution in [0.25, 0.3) is 0 Å². The van der Waals surface area contributed by atoms with Crippen LogP contribution < -0.4 is 14.2 Å². The molecule has 0 aromatic heterocycles. The van der Waals surface area contributed by atoms with E-state index in [9.17, 15) is 13.2 Å². The minimum atomic E-state index is -4.07. The van der Waals surface area contributed by atoms with Crippen molar-refractivity contribution < 1.29 is 27.8 Å². The Morgan fingerprint density at radius 1 is 1.25 bits per heavy atom. The van der Waals surface area contributed by atoms with E-state index < -0.39 is 21.5 Å². The summed E-state index contributed by atoms with van der Waals surface area (Å²) >= 11 is 0. The van der Waals surface area contributed by atoms with Crippen molar-refractivity contribution in [2.75, 3.05) is 14.2 Å². The number of carboxylic acid groups (broad SMARTS) is 1. The summed E-state index contributed by atoms with van der Waals surface area (Å²) in [4.78, 5) is 10.8. The fourth-order valence-electron chi connectivity index (χ4n) is 1.43. The molecule has 1 aromatic rings. The van der Waals surface area contributed by atoms with Gasteiger partial charge in [0, 0.05) is 6.07 Å². The molecule has 0 saturated heterocycles. The first-order valence-electron chi connectivity index (χ1n) is 5.63. The summed E-state index contributed by atoms with van der Waals surface area (Å²) < 4.78 is 36.6. The third kappa shape index (κ3) is 3.40. The van der Waals surface area contributed by atoms with Gasteiger partial charge >= 0.3 is 5.97 Å². The van der Waals surface area contributed by atoms with E-state index in [1.807, 2.05) is 0 Å². The van der Waals surface area contributed by atoms with Crippen molar-refractivity contribution in [2.24, 2.45) is 0 Å². The maximum Gasteiger partial charge on any atom is 0.324 e. The molecule has 1 rings (SSSR count). The summed E-state index contributed by atoms with van der Waals surface area (Å²) in [6, 6.07) is 4.24. The van der Waals surface area contributed by atoms with Crippen molar-refractivity contribution in [3.8, 4) is 11.5 Å². The molecule has 0 aliphatic heterocycles. The molecule has 0 bridgehead atoms. The van der Waals surface area contributed by atoms with Crippen LogP contribution in [0.3, 0.4) is 0 Å². The van der Waals surface area contributed by atoms with Gasteiger partial charge in [-0.3, -0.25) is 4.79 Å². The summed E-state index contributed by atoms with van der Waals surface area (Å²) in [7, 11) is -1.36. The highest BCUT2D eigenvalue weighted by atomic mass is 32.2. The SMILES string of the molecule is COc1ccc(OC)c(S(=O)(=O)NC(C)(C)C(=O)O)c1. The van der Waals surface area contributed by atoms with Crippen molar-refractivity contribution in [3.05, 3.63) is 18.2 Å². The zero-order valence-corrected chi connectivity index (χ0v) is 12.4. The average molecular weight is 303 g/mol. The van der Waals surface area contributed by atoms with Gasteiger partial charge in [-0.2, -0.15) is 4.72 Å². The minimum Gasteiger partial charge on any atom is -0.497 e. The van der Waals surface area contributed by atoms with Crippen molar-refractivity contribution in [3.63, 3.8) is 0 Å². The fourth-order valence-corrected chi connectivity index (χ4v) is 2.99. The Labute approximate surface area is 117 Å². The second-order valence-electron chi connectivity index (χ2n) is 4.55. The number of aliphatic carboxylic acids is 1. The van der Waals surface area contributed by atoms with Gasteiger partial charge in [0.2, 0.25) is 10.0 Å². The van der Waals surface area contributed by atoms with E-state index in [1.54, 1.807) is 6.07 Å². The molecule has 2 N–H and O–H groups in total. The number of nitrogens with one attached hydrogen (secondary N) is 1.